The number of nitrogens with zero attached hydrogens (tertiary/aromatic N) is 2. The largest absolute Gasteiger partial charge is 0.494 e. The van der Waals surface area contributed by atoms with Gasteiger partial charge in [0.25, 0.3) is 11.8 Å². The van der Waals surface area contributed by atoms with Gasteiger partial charge in [-0.2, -0.15) is 0 Å². The van der Waals surface area contributed by atoms with Crippen LogP contribution in [0, 0.1) is 0 Å². The molecule has 3 heterocycles. The van der Waals surface area contributed by atoms with E-state index >= 15 is 0 Å². The molecule has 0 atom stereocenters. The third-order valence-corrected chi connectivity index (χ3v) is 6.37. The summed E-state index contributed by atoms with van der Waals surface area (Å²) >= 11 is 3.62. The molecule has 1 aliphatic rings. The van der Waals surface area contributed by atoms with E-state index in [0.29, 0.717) is 17.8 Å². The van der Waals surface area contributed by atoms with Crippen molar-refractivity contribution >= 4 is 60.7 Å². The van der Waals surface area contributed by atoms with Gasteiger partial charge in [0, 0.05) is 64.4 Å². The Kier molecular flexibility index (Phi) is 4.51. The molecule has 0 bridgehead atoms. The van der Waals surface area contributed by atoms with Crippen LogP contribution in [0.4, 0.5) is 0 Å². The number of carbonyl (C=O) groups excluding carboxylic acids is 2. The summed E-state index contributed by atoms with van der Waals surface area (Å²) in [6.07, 6.45) is 3.80. The Morgan fingerprint density at radius 2 is 1.61 bits per heavy atom. The van der Waals surface area contributed by atoms with Crippen LogP contribution in [0.1, 0.15) is 18.1 Å². The van der Waals surface area contributed by atoms with Gasteiger partial charge in [0.05, 0.1) is 23.3 Å². The van der Waals surface area contributed by atoms with Crippen LogP contribution in [0.3, 0.4) is 0 Å². The molecule has 1 N–H and O–H groups in total. The number of aromatic nitrogens is 2. The van der Waals surface area contributed by atoms with Crippen molar-refractivity contribution in [3.8, 4) is 5.75 Å². The molecule has 0 radical (unpaired) electrons. The van der Waals surface area contributed by atoms with Crippen molar-refractivity contribution in [3.63, 3.8) is 0 Å². The number of ether oxygens (including phenoxy) is 1. The molecule has 5 rings (SSSR count). The minimum atomic E-state index is -0.384. The maximum absolute atomic E-state index is 13.0. The first-order valence-electron chi connectivity index (χ1n) is 9.96. The van der Waals surface area contributed by atoms with E-state index in [2.05, 4.69) is 21.2 Å². The molecule has 0 saturated heterocycles. The molecule has 0 fully saturated rings. The number of hydrogen-bond acceptors (Lipinski definition) is 3. The van der Waals surface area contributed by atoms with Gasteiger partial charge in [0.1, 0.15) is 5.75 Å². The van der Waals surface area contributed by atoms with Gasteiger partial charge in [0.2, 0.25) is 0 Å². The molecule has 31 heavy (non-hydrogen) atoms. The Hall–Kier alpha value is -3.32. The summed E-state index contributed by atoms with van der Waals surface area (Å²) in [5.74, 6) is -0.00137. The van der Waals surface area contributed by atoms with Crippen molar-refractivity contribution in [1.82, 2.24) is 14.5 Å². The van der Waals surface area contributed by atoms with Crippen molar-refractivity contribution in [1.29, 1.82) is 0 Å². The topological polar surface area (TPSA) is 65.3 Å². The summed E-state index contributed by atoms with van der Waals surface area (Å²) in [6.45, 7) is 2.51. The summed E-state index contributed by atoms with van der Waals surface area (Å²) in [5, 5.41) is 4.30. The molecule has 2 aromatic heterocycles. The third kappa shape index (κ3) is 2.91. The van der Waals surface area contributed by atoms with E-state index in [9.17, 15) is 9.59 Å². The zero-order valence-electron chi connectivity index (χ0n) is 17.3. The number of rotatable bonds is 4. The standard InChI is InChI=1S/C24H20BrN3O3/c1-4-31-13-8-9-14-15(11-28(3)19(14)10-13)21-22(24(30)26-23(21)29)16-12-27(2)18-7-5-6-17(25)20(16)18/h5-12H,4H2,1-3H3,(H,26,29,30). The Labute approximate surface area is 187 Å². The van der Waals surface area contributed by atoms with E-state index < -0.39 is 0 Å². The zero-order chi connectivity index (χ0) is 21.9. The number of hydrogen-bond donors (Lipinski definition) is 1. The Bertz CT molecular complexity index is 1440. The lowest BCUT2D eigenvalue weighted by Crippen LogP contribution is -2.22. The maximum atomic E-state index is 13.0. The zero-order valence-corrected chi connectivity index (χ0v) is 18.9. The predicted molar refractivity (Wildman–Crippen MR) is 125 cm³/mol. The van der Waals surface area contributed by atoms with Gasteiger partial charge in [-0.3, -0.25) is 14.9 Å². The van der Waals surface area contributed by atoms with Gasteiger partial charge in [-0.25, -0.2) is 0 Å². The van der Waals surface area contributed by atoms with Gasteiger partial charge in [0.15, 0.2) is 0 Å². The molecule has 1 aliphatic heterocycles. The highest BCUT2D eigenvalue weighted by molar-refractivity contribution is 9.10. The highest BCUT2D eigenvalue weighted by Gasteiger charge is 2.35. The molecule has 7 heteroatoms. The normalized spacial score (nSPS) is 14.2. The fraction of sp³-hybridized carbons (Fsp3) is 0.167. The van der Waals surface area contributed by atoms with E-state index in [0.717, 1.165) is 43.2 Å². The average Bonchev–Trinajstić information content (AvgIpc) is 3.34. The molecule has 0 aliphatic carbocycles. The average molecular weight is 478 g/mol. The summed E-state index contributed by atoms with van der Waals surface area (Å²) in [5.41, 5.74) is 4.14. The maximum Gasteiger partial charge on any atom is 0.259 e. The molecular formula is C24H20BrN3O3. The van der Waals surface area contributed by atoms with Crippen LogP contribution >= 0.6 is 15.9 Å². The lowest BCUT2D eigenvalue weighted by Gasteiger charge is -2.05. The second kappa shape index (κ2) is 7.13. The summed E-state index contributed by atoms with van der Waals surface area (Å²) < 4.78 is 10.4. The van der Waals surface area contributed by atoms with Crippen LogP contribution in [-0.4, -0.2) is 27.6 Å². The minimum Gasteiger partial charge on any atom is -0.494 e. The Morgan fingerprint density at radius 3 is 2.35 bits per heavy atom. The highest BCUT2D eigenvalue weighted by Crippen LogP contribution is 2.40. The highest BCUT2D eigenvalue weighted by atomic mass is 79.9. The van der Waals surface area contributed by atoms with Crippen molar-refractivity contribution in [2.75, 3.05) is 6.61 Å². The van der Waals surface area contributed by atoms with Gasteiger partial charge in [-0.15, -0.1) is 0 Å². The molecule has 0 spiro atoms. The fourth-order valence-corrected chi connectivity index (χ4v) is 4.95. The molecule has 6 nitrogen and oxygen atoms in total. The lowest BCUT2D eigenvalue weighted by atomic mass is 9.95. The second-order valence-electron chi connectivity index (χ2n) is 7.59. The summed E-state index contributed by atoms with van der Waals surface area (Å²) in [7, 11) is 3.85. The Morgan fingerprint density at radius 1 is 0.935 bits per heavy atom. The monoisotopic (exact) mass is 477 g/mol. The molecule has 156 valence electrons. The fourth-order valence-electron chi connectivity index (χ4n) is 4.38. The first-order valence-corrected chi connectivity index (χ1v) is 10.8. The molecule has 2 aromatic carbocycles. The van der Waals surface area contributed by atoms with Crippen LogP contribution in [0.25, 0.3) is 33.0 Å². The SMILES string of the molecule is CCOc1ccc2c(C3=C(c4cn(C)c5cccc(Br)c45)C(=O)NC3=O)cn(C)c2c1. The van der Waals surface area contributed by atoms with Crippen LogP contribution in [-0.2, 0) is 23.7 Å². The number of amides is 2. The number of benzene rings is 2. The third-order valence-electron chi connectivity index (χ3n) is 5.71. The van der Waals surface area contributed by atoms with E-state index in [4.69, 9.17) is 4.74 Å². The minimum absolute atomic E-state index is 0.383. The molecule has 0 saturated carbocycles. The second-order valence-corrected chi connectivity index (χ2v) is 8.44. The number of nitrogens with one attached hydrogen (secondary N) is 1. The number of imide groups is 1. The smallest absolute Gasteiger partial charge is 0.259 e. The number of halogens is 1. The first kappa shape index (κ1) is 19.6. The quantitative estimate of drug-likeness (QED) is 0.443. The van der Waals surface area contributed by atoms with Crippen LogP contribution in [0.2, 0.25) is 0 Å². The summed E-state index contributed by atoms with van der Waals surface area (Å²) in [6, 6.07) is 11.7. The van der Waals surface area contributed by atoms with E-state index in [1.165, 1.54) is 0 Å². The van der Waals surface area contributed by atoms with Crippen molar-refractivity contribution in [2.24, 2.45) is 14.1 Å². The number of fused-ring (bicyclic) bond motifs is 2. The van der Waals surface area contributed by atoms with Crippen LogP contribution < -0.4 is 10.1 Å². The van der Waals surface area contributed by atoms with Crippen LogP contribution in [0.5, 0.6) is 5.75 Å². The lowest BCUT2D eigenvalue weighted by molar-refractivity contribution is -0.122. The van der Waals surface area contributed by atoms with E-state index in [1.807, 2.05) is 78.9 Å². The summed E-state index contributed by atoms with van der Waals surface area (Å²) in [4.78, 5) is 26.0. The van der Waals surface area contributed by atoms with Gasteiger partial charge < -0.3 is 13.9 Å². The van der Waals surface area contributed by atoms with Crippen molar-refractivity contribution in [2.45, 2.75) is 6.92 Å². The predicted octanol–water partition coefficient (Wildman–Crippen LogP) is 4.40. The molecule has 0 unspecified atom stereocenters. The van der Waals surface area contributed by atoms with Crippen molar-refractivity contribution in [3.05, 3.63) is 64.4 Å². The number of aryl methyl sites for hydroxylation is 2. The van der Waals surface area contributed by atoms with E-state index in [-0.39, 0.29) is 11.8 Å². The Balaban J connectivity index is 1.82. The van der Waals surface area contributed by atoms with Gasteiger partial charge >= 0.3 is 0 Å². The molecule has 2 amide bonds. The van der Waals surface area contributed by atoms with Crippen molar-refractivity contribution < 1.29 is 14.3 Å². The molecular weight excluding hydrogens is 458 g/mol. The van der Waals surface area contributed by atoms with Gasteiger partial charge in [-0.1, -0.05) is 22.0 Å². The van der Waals surface area contributed by atoms with Gasteiger partial charge in [-0.05, 0) is 31.2 Å². The van der Waals surface area contributed by atoms with Crippen LogP contribution in [0.15, 0.2) is 53.3 Å². The first-order chi connectivity index (χ1) is 14.9. The number of carbonyl (C=O) groups is 2. The van der Waals surface area contributed by atoms with E-state index in [1.54, 1.807) is 0 Å². The molecule has 4 aromatic rings.